The zero-order valence-electron chi connectivity index (χ0n) is 11.1. The number of esters is 1. The van der Waals surface area contributed by atoms with E-state index in [9.17, 15) is 9.59 Å². The highest BCUT2D eigenvalue weighted by Crippen LogP contribution is 2.21. The molecule has 0 aromatic heterocycles. The van der Waals surface area contributed by atoms with Crippen molar-refractivity contribution in [2.45, 2.75) is 6.92 Å². The van der Waals surface area contributed by atoms with E-state index in [0.717, 1.165) is 17.4 Å². The average molecular weight is 266 g/mol. The third-order valence-corrected chi connectivity index (χ3v) is 2.74. The SMILES string of the molecule is CC(=O)Oc1ccccc1/C=C/c1ccccc1C=O. The van der Waals surface area contributed by atoms with Gasteiger partial charge in [0.1, 0.15) is 5.75 Å². The van der Waals surface area contributed by atoms with Crippen LogP contribution in [0.25, 0.3) is 12.2 Å². The van der Waals surface area contributed by atoms with Crippen molar-refractivity contribution >= 4 is 24.4 Å². The van der Waals surface area contributed by atoms with Gasteiger partial charge in [-0.1, -0.05) is 54.6 Å². The summed E-state index contributed by atoms with van der Waals surface area (Å²) in [5.74, 6) is 0.138. The number of rotatable bonds is 4. The van der Waals surface area contributed by atoms with Crippen LogP contribution < -0.4 is 4.74 Å². The van der Waals surface area contributed by atoms with Crippen LogP contribution in [0.2, 0.25) is 0 Å². The Morgan fingerprint density at radius 2 is 1.45 bits per heavy atom. The molecule has 0 aliphatic carbocycles. The molecule has 3 heteroatoms. The molecule has 3 nitrogen and oxygen atoms in total. The van der Waals surface area contributed by atoms with Crippen LogP contribution in [-0.2, 0) is 4.79 Å². The lowest BCUT2D eigenvalue weighted by Crippen LogP contribution is -2.02. The minimum Gasteiger partial charge on any atom is -0.426 e. The Morgan fingerprint density at radius 1 is 0.900 bits per heavy atom. The van der Waals surface area contributed by atoms with Crippen molar-refractivity contribution in [3.63, 3.8) is 0 Å². The van der Waals surface area contributed by atoms with E-state index in [2.05, 4.69) is 0 Å². The molecule has 0 amide bonds. The summed E-state index contributed by atoms with van der Waals surface area (Å²) in [5, 5.41) is 0. The normalized spacial score (nSPS) is 10.4. The van der Waals surface area contributed by atoms with Crippen LogP contribution in [-0.4, -0.2) is 12.3 Å². The molecular formula is C17H14O3. The minimum absolute atomic E-state index is 0.362. The summed E-state index contributed by atoms with van der Waals surface area (Å²) < 4.78 is 5.13. The van der Waals surface area contributed by atoms with E-state index in [0.29, 0.717) is 11.3 Å². The smallest absolute Gasteiger partial charge is 0.308 e. The quantitative estimate of drug-likeness (QED) is 0.367. The van der Waals surface area contributed by atoms with Crippen molar-refractivity contribution in [2.75, 3.05) is 0 Å². The predicted octanol–water partition coefficient (Wildman–Crippen LogP) is 3.59. The van der Waals surface area contributed by atoms with E-state index >= 15 is 0 Å². The van der Waals surface area contributed by atoms with Gasteiger partial charge >= 0.3 is 5.97 Å². The van der Waals surface area contributed by atoms with Gasteiger partial charge in [0.15, 0.2) is 6.29 Å². The Labute approximate surface area is 117 Å². The number of hydrogen-bond donors (Lipinski definition) is 0. The summed E-state index contributed by atoms with van der Waals surface area (Å²) in [6, 6.07) is 14.5. The largest absolute Gasteiger partial charge is 0.426 e. The Bertz CT molecular complexity index is 657. The Kier molecular flexibility index (Phi) is 4.45. The molecule has 0 saturated carbocycles. The third-order valence-electron chi connectivity index (χ3n) is 2.74. The zero-order valence-corrected chi connectivity index (χ0v) is 11.1. The van der Waals surface area contributed by atoms with Crippen molar-refractivity contribution in [3.05, 3.63) is 65.2 Å². The highest BCUT2D eigenvalue weighted by Gasteiger charge is 2.03. The number of carbonyl (C=O) groups excluding carboxylic acids is 2. The van der Waals surface area contributed by atoms with E-state index < -0.39 is 0 Å². The molecule has 20 heavy (non-hydrogen) atoms. The van der Waals surface area contributed by atoms with Crippen LogP contribution in [0.1, 0.15) is 28.4 Å². The van der Waals surface area contributed by atoms with Crippen molar-refractivity contribution in [2.24, 2.45) is 0 Å². The number of ether oxygens (including phenoxy) is 1. The highest BCUT2D eigenvalue weighted by molar-refractivity contribution is 5.85. The Hall–Kier alpha value is -2.68. The van der Waals surface area contributed by atoms with Crippen LogP contribution in [0.4, 0.5) is 0 Å². The maximum absolute atomic E-state index is 11.0. The van der Waals surface area contributed by atoms with E-state index in [1.807, 2.05) is 42.5 Å². The van der Waals surface area contributed by atoms with Crippen molar-refractivity contribution in [1.29, 1.82) is 0 Å². The topological polar surface area (TPSA) is 43.4 Å². The van der Waals surface area contributed by atoms with Crippen LogP contribution in [0.5, 0.6) is 5.75 Å². The molecule has 100 valence electrons. The van der Waals surface area contributed by atoms with Gasteiger partial charge in [0.2, 0.25) is 0 Å². The van der Waals surface area contributed by atoms with Crippen LogP contribution in [0, 0.1) is 0 Å². The first-order chi connectivity index (χ1) is 9.70. The highest BCUT2D eigenvalue weighted by atomic mass is 16.5. The Balaban J connectivity index is 2.32. The summed E-state index contributed by atoms with van der Waals surface area (Å²) in [6.07, 6.45) is 4.46. The minimum atomic E-state index is -0.362. The second-order valence-electron chi connectivity index (χ2n) is 4.21. The lowest BCUT2D eigenvalue weighted by Gasteiger charge is -2.05. The molecule has 2 aromatic carbocycles. The zero-order chi connectivity index (χ0) is 14.4. The number of aldehydes is 1. The van der Waals surface area contributed by atoms with Crippen molar-refractivity contribution < 1.29 is 14.3 Å². The standard InChI is InChI=1S/C17H14O3/c1-13(19)20-17-9-5-4-7-15(17)11-10-14-6-2-3-8-16(14)12-18/h2-12H,1H3/b11-10+. The molecule has 0 unspecified atom stereocenters. The first-order valence-corrected chi connectivity index (χ1v) is 6.20. The molecule has 0 aliphatic heterocycles. The second kappa shape index (κ2) is 6.48. The molecule has 0 radical (unpaired) electrons. The van der Waals surface area contributed by atoms with E-state index in [-0.39, 0.29) is 5.97 Å². The predicted molar refractivity (Wildman–Crippen MR) is 78.5 cm³/mol. The fraction of sp³-hybridized carbons (Fsp3) is 0.0588. The molecule has 0 fully saturated rings. The van der Waals surface area contributed by atoms with Gasteiger partial charge in [-0.15, -0.1) is 0 Å². The van der Waals surface area contributed by atoms with E-state index in [1.165, 1.54) is 6.92 Å². The van der Waals surface area contributed by atoms with Gasteiger partial charge in [-0.05, 0) is 11.6 Å². The maximum atomic E-state index is 11.0. The monoisotopic (exact) mass is 266 g/mol. The van der Waals surface area contributed by atoms with Crippen LogP contribution >= 0.6 is 0 Å². The maximum Gasteiger partial charge on any atom is 0.308 e. The number of para-hydroxylation sites is 1. The molecule has 0 atom stereocenters. The molecular weight excluding hydrogens is 252 g/mol. The summed E-state index contributed by atoms with van der Waals surface area (Å²) in [4.78, 5) is 22.0. The molecule has 0 N–H and O–H groups in total. The Morgan fingerprint density at radius 3 is 2.10 bits per heavy atom. The second-order valence-corrected chi connectivity index (χ2v) is 4.21. The number of benzene rings is 2. The van der Waals surface area contributed by atoms with Gasteiger partial charge in [-0.25, -0.2) is 0 Å². The van der Waals surface area contributed by atoms with E-state index in [4.69, 9.17) is 4.74 Å². The molecule has 0 heterocycles. The van der Waals surface area contributed by atoms with Gasteiger partial charge in [0.05, 0.1) is 0 Å². The van der Waals surface area contributed by atoms with Gasteiger partial charge in [0.25, 0.3) is 0 Å². The fourth-order valence-electron chi connectivity index (χ4n) is 1.82. The van der Waals surface area contributed by atoms with Crippen LogP contribution in [0.3, 0.4) is 0 Å². The lowest BCUT2D eigenvalue weighted by molar-refractivity contribution is -0.131. The number of carbonyl (C=O) groups is 2. The van der Waals surface area contributed by atoms with Gasteiger partial charge in [0, 0.05) is 18.1 Å². The molecule has 2 aromatic rings. The third kappa shape index (κ3) is 3.42. The summed E-state index contributed by atoms with van der Waals surface area (Å²) >= 11 is 0. The van der Waals surface area contributed by atoms with E-state index in [1.54, 1.807) is 18.2 Å². The molecule has 0 spiro atoms. The van der Waals surface area contributed by atoms with Gasteiger partial charge in [-0.2, -0.15) is 0 Å². The first-order valence-electron chi connectivity index (χ1n) is 6.20. The molecule has 0 bridgehead atoms. The summed E-state index contributed by atoms with van der Waals surface area (Å²) in [7, 11) is 0. The summed E-state index contributed by atoms with van der Waals surface area (Å²) in [6.45, 7) is 1.36. The van der Waals surface area contributed by atoms with Crippen molar-refractivity contribution in [1.82, 2.24) is 0 Å². The molecule has 0 saturated heterocycles. The lowest BCUT2D eigenvalue weighted by atomic mass is 10.1. The van der Waals surface area contributed by atoms with Crippen LogP contribution in [0.15, 0.2) is 48.5 Å². The molecule has 0 aliphatic rings. The molecule has 2 rings (SSSR count). The first kappa shape index (κ1) is 13.7. The number of hydrogen-bond acceptors (Lipinski definition) is 3. The fourth-order valence-corrected chi connectivity index (χ4v) is 1.82. The average Bonchev–Trinajstić information content (AvgIpc) is 2.46. The van der Waals surface area contributed by atoms with Gasteiger partial charge in [-0.3, -0.25) is 9.59 Å². The summed E-state index contributed by atoms with van der Waals surface area (Å²) in [5.41, 5.74) is 2.22. The van der Waals surface area contributed by atoms with Gasteiger partial charge < -0.3 is 4.74 Å². The van der Waals surface area contributed by atoms with Crippen molar-refractivity contribution in [3.8, 4) is 5.75 Å².